The second kappa shape index (κ2) is 6.81. The summed E-state index contributed by atoms with van der Waals surface area (Å²) >= 11 is 0. The summed E-state index contributed by atoms with van der Waals surface area (Å²) in [5.41, 5.74) is -0.462. The fourth-order valence-electron chi connectivity index (χ4n) is 3.43. The second-order valence-electron chi connectivity index (χ2n) is 6.65. The van der Waals surface area contributed by atoms with E-state index in [0.29, 0.717) is 56.4 Å². The summed E-state index contributed by atoms with van der Waals surface area (Å²) in [7, 11) is 0. The van der Waals surface area contributed by atoms with Crippen molar-refractivity contribution in [2.45, 2.75) is 37.7 Å². The van der Waals surface area contributed by atoms with Gasteiger partial charge in [0.1, 0.15) is 5.60 Å². The van der Waals surface area contributed by atoms with Crippen LogP contribution in [0.3, 0.4) is 0 Å². The van der Waals surface area contributed by atoms with Gasteiger partial charge >= 0.3 is 6.09 Å². The summed E-state index contributed by atoms with van der Waals surface area (Å²) in [4.78, 5) is 29.9. The zero-order valence-electron chi connectivity index (χ0n) is 14.3. The number of ether oxygens (including phenoxy) is 1. The third-order valence-electron chi connectivity index (χ3n) is 4.88. The second-order valence-corrected chi connectivity index (χ2v) is 6.65. The molecule has 0 saturated carbocycles. The van der Waals surface area contributed by atoms with Gasteiger partial charge < -0.3 is 23.9 Å². The van der Waals surface area contributed by atoms with Crippen LogP contribution in [0.2, 0.25) is 0 Å². The number of carbonyl (C=O) groups is 2. The number of rotatable bonds is 4. The molecule has 4 heterocycles. The SMILES string of the molecule is O=C1NC[C@@]2(CCCN(C(=O)CCc3nc(-c4ccco4)no3)CC2)O1. The lowest BCUT2D eigenvalue weighted by Gasteiger charge is -2.24. The van der Waals surface area contributed by atoms with E-state index in [1.54, 1.807) is 12.1 Å². The largest absolute Gasteiger partial charge is 0.461 e. The molecule has 1 spiro atoms. The van der Waals surface area contributed by atoms with Crippen LogP contribution in [0.15, 0.2) is 27.3 Å². The molecule has 4 rings (SSSR count). The standard InChI is InChI=1S/C17H20N4O5/c22-14(5-4-13-19-15(20-26-13)12-3-1-10-24-12)21-8-2-6-17(7-9-21)11-18-16(23)25-17/h1,3,10H,2,4-9,11H2,(H,18,23)/t17-/m0/s1. The van der Waals surface area contributed by atoms with Gasteiger partial charge in [-0.2, -0.15) is 4.98 Å². The number of carbonyl (C=O) groups excluding carboxylic acids is 2. The van der Waals surface area contributed by atoms with Crippen molar-refractivity contribution in [3.63, 3.8) is 0 Å². The highest BCUT2D eigenvalue weighted by atomic mass is 16.6. The molecule has 2 saturated heterocycles. The third kappa shape index (κ3) is 3.42. The Morgan fingerprint density at radius 1 is 1.35 bits per heavy atom. The first kappa shape index (κ1) is 16.6. The van der Waals surface area contributed by atoms with Crippen molar-refractivity contribution in [3.8, 4) is 11.6 Å². The van der Waals surface area contributed by atoms with Crippen molar-refractivity contribution in [1.82, 2.24) is 20.4 Å². The Kier molecular flexibility index (Phi) is 4.36. The monoisotopic (exact) mass is 360 g/mol. The maximum Gasteiger partial charge on any atom is 0.407 e. The number of likely N-dealkylation sites (tertiary alicyclic amines) is 1. The number of furan rings is 1. The highest BCUT2D eigenvalue weighted by molar-refractivity contribution is 5.76. The molecule has 0 aliphatic carbocycles. The quantitative estimate of drug-likeness (QED) is 0.884. The fourth-order valence-corrected chi connectivity index (χ4v) is 3.43. The molecule has 1 atom stereocenters. The highest BCUT2D eigenvalue weighted by Gasteiger charge is 2.41. The minimum absolute atomic E-state index is 0.0390. The number of aryl methyl sites for hydroxylation is 1. The summed E-state index contributed by atoms with van der Waals surface area (Å²) in [5, 5.41) is 6.57. The number of alkyl carbamates (subject to hydrolysis) is 1. The molecule has 0 radical (unpaired) electrons. The van der Waals surface area contributed by atoms with Gasteiger partial charge in [0.25, 0.3) is 0 Å². The van der Waals surface area contributed by atoms with Gasteiger partial charge in [0.2, 0.25) is 17.6 Å². The Morgan fingerprint density at radius 2 is 2.27 bits per heavy atom. The van der Waals surface area contributed by atoms with Crippen molar-refractivity contribution < 1.29 is 23.3 Å². The van der Waals surface area contributed by atoms with E-state index in [2.05, 4.69) is 15.5 Å². The van der Waals surface area contributed by atoms with Crippen molar-refractivity contribution in [2.75, 3.05) is 19.6 Å². The molecule has 0 bridgehead atoms. The summed E-state index contributed by atoms with van der Waals surface area (Å²) in [6.07, 6.45) is 4.08. The predicted molar refractivity (Wildman–Crippen MR) is 88.0 cm³/mol. The lowest BCUT2D eigenvalue weighted by atomic mass is 9.95. The highest BCUT2D eigenvalue weighted by Crippen LogP contribution is 2.29. The minimum Gasteiger partial charge on any atom is -0.461 e. The Morgan fingerprint density at radius 3 is 3.04 bits per heavy atom. The van der Waals surface area contributed by atoms with Gasteiger partial charge in [-0.1, -0.05) is 5.16 Å². The molecule has 2 aromatic heterocycles. The van der Waals surface area contributed by atoms with E-state index in [1.165, 1.54) is 6.26 Å². The third-order valence-corrected chi connectivity index (χ3v) is 4.88. The molecular formula is C17H20N4O5. The Balaban J connectivity index is 1.30. The first-order chi connectivity index (χ1) is 12.6. The van der Waals surface area contributed by atoms with Gasteiger partial charge in [-0.15, -0.1) is 0 Å². The lowest BCUT2D eigenvalue weighted by Crippen LogP contribution is -2.36. The molecule has 9 nitrogen and oxygen atoms in total. The van der Waals surface area contributed by atoms with Crippen LogP contribution in [-0.2, 0) is 16.0 Å². The van der Waals surface area contributed by atoms with Crippen LogP contribution < -0.4 is 5.32 Å². The number of amides is 2. The van der Waals surface area contributed by atoms with E-state index in [9.17, 15) is 9.59 Å². The van der Waals surface area contributed by atoms with E-state index in [0.717, 1.165) is 12.8 Å². The smallest absolute Gasteiger partial charge is 0.407 e. The number of hydrogen-bond acceptors (Lipinski definition) is 7. The van der Waals surface area contributed by atoms with Crippen LogP contribution in [0.4, 0.5) is 4.79 Å². The van der Waals surface area contributed by atoms with Crippen LogP contribution in [0, 0.1) is 0 Å². The Labute approximate surface area is 149 Å². The van der Waals surface area contributed by atoms with Crippen LogP contribution in [-0.4, -0.2) is 52.3 Å². The maximum atomic E-state index is 12.5. The maximum absolute atomic E-state index is 12.5. The van der Waals surface area contributed by atoms with Crippen LogP contribution in [0.25, 0.3) is 11.6 Å². The molecule has 2 aliphatic heterocycles. The molecule has 2 aromatic rings. The van der Waals surface area contributed by atoms with Crippen LogP contribution in [0.5, 0.6) is 0 Å². The molecule has 1 N–H and O–H groups in total. The number of nitrogens with zero attached hydrogens (tertiary/aromatic N) is 3. The molecule has 2 fully saturated rings. The van der Waals surface area contributed by atoms with Crippen LogP contribution >= 0.6 is 0 Å². The molecule has 2 aliphatic rings. The van der Waals surface area contributed by atoms with Crippen molar-refractivity contribution in [3.05, 3.63) is 24.3 Å². The zero-order valence-corrected chi connectivity index (χ0v) is 14.3. The Bertz CT molecular complexity index is 787. The molecule has 0 unspecified atom stereocenters. The molecular weight excluding hydrogens is 340 g/mol. The normalized spacial score (nSPS) is 22.9. The first-order valence-corrected chi connectivity index (χ1v) is 8.75. The van der Waals surface area contributed by atoms with Crippen LogP contribution in [0.1, 0.15) is 31.6 Å². The molecule has 138 valence electrons. The van der Waals surface area contributed by atoms with Crippen molar-refractivity contribution in [2.24, 2.45) is 0 Å². The van der Waals surface area contributed by atoms with Gasteiger partial charge in [0.15, 0.2) is 5.76 Å². The van der Waals surface area contributed by atoms with Gasteiger partial charge in [0.05, 0.1) is 12.8 Å². The first-order valence-electron chi connectivity index (χ1n) is 8.75. The van der Waals surface area contributed by atoms with Crippen molar-refractivity contribution >= 4 is 12.0 Å². The topological polar surface area (TPSA) is 111 Å². The minimum atomic E-state index is -0.462. The summed E-state index contributed by atoms with van der Waals surface area (Å²) < 4.78 is 15.8. The zero-order chi connectivity index (χ0) is 18.0. The molecule has 26 heavy (non-hydrogen) atoms. The molecule has 0 aromatic carbocycles. The summed E-state index contributed by atoms with van der Waals surface area (Å²) in [6, 6.07) is 3.50. The van der Waals surface area contributed by atoms with Crippen molar-refractivity contribution in [1.29, 1.82) is 0 Å². The average Bonchev–Trinajstić information content (AvgIpc) is 3.34. The summed E-state index contributed by atoms with van der Waals surface area (Å²) in [6.45, 7) is 1.76. The summed E-state index contributed by atoms with van der Waals surface area (Å²) in [5.74, 6) is 1.36. The van der Waals surface area contributed by atoms with E-state index in [-0.39, 0.29) is 12.0 Å². The average molecular weight is 360 g/mol. The van der Waals surface area contributed by atoms with Gasteiger partial charge in [0, 0.05) is 32.4 Å². The Hall–Kier alpha value is -2.84. The van der Waals surface area contributed by atoms with Gasteiger partial charge in [-0.05, 0) is 25.0 Å². The predicted octanol–water partition coefficient (Wildman–Crippen LogP) is 1.75. The lowest BCUT2D eigenvalue weighted by molar-refractivity contribution is -0.131. The van der Waals surface area contributed by atoms with E-state index >= 15 is 0 Å². The molecule has 2 amide bonds. The number of hydrogen-bond donors (Lipinski definition) is 1. The van der Waals surface area contributed by atoms with E-state index in [4.69, 9.17) is 13.7 Å². The van der Waals surface area contributed by atoms with E-state index < -0.39 is 5.60 Å². The number of nitrogens with one attached hydrogen (secondary N) is 1. The molecule has 9 heteroatoms. The van der Waals surface area contributed by atoms with Gasteiger partial charge in [-0.25, -0.2) is 4.79 Å². The number of aromatic nitrogens is 2. The fraction of sp³-hybridized carbons (Fsp3) is 0.529. The van der Waals surface area contributed by atoms with E-state index in [1.807, 2.05) is 4.90 Å². The van der Waals surface area contributed by atoms with Gasteiger partial charge in [-0.3, -0.25) is 4.79 Å².